The highest BCUT2D eigenvalue weighted by Crippen LogP contribution is 2.40. The molecule has 2 rings (SSSR count). The van der Waals surface area contributed by atoms with Gasteiger partial charge in [0.25, 0.3) is 5.72 Å². The summed E-state index contributed by atoms with van der Waals surface area (Å²) < 4.78 is 44.9. The summed E-state index contributed by atoms with van der Waals surface area (Å²) in [5.41, 5.74) is -2.10. The molecule has 0 fully saturated rings. The first-order valence-electron chi connectivity index (χ1n) is 6.91. The molecular weight excluding hydrogens is 349 g/mol. The van der Waals surface area contributed by atoms with E-state index in [2.05, 4.69) is 5.43 Å². The van der Waals surface area contributed by atoms with Crippen molar-refractivity contribution < 1.29 is 27.8 Å². The van der Waals surface area contributed by atoms with Crippen LogP contribution in [0.4, 0.5) is 18.0 Å². The number of aliphatic hydroxyl groups is 1. The van der Waals surface area contributed by atoms with Gasteiger partial charge in [0, 0.05) is 11.1 Å². The summed E-state index contributed by atoms with van der Waals surface area (Å²) in [6.07, 6.45) is -5.98. The van der Waals surface area contributed by atoms with E-state index in [0.29, 0.717) is 16.7 Å². The van der Waals surface area contributed by atoms with Crippen LogP contribution in [0.1, 0.15) is 26.3 Å². The average Bonchev–Trinajstić information content (AvgIpc) is 2.76. The van der Waals surface area contributed by atoms with Crippen molar-refractivity contribution in [2.75, 3.05) is 0 Å². The Bertz CT molecular complexity index is 668. The van der Waals surface area contributed by atoms with Crippen LogP contribution in [0.15, 0.2) is 30.3 Å². The van der Waals surface area contributed by atoms with Crippen molar-refractivity contribution in [2.24, 2.45) is 0 Å². The van der Waals surface area contributed by atoms with Gasteiger partial charge in [0.05, 0.1) is 5.70 Å². The molecule has 0 saturated carbocycles. The molecule has 1 aromatic carbocycles. The maximum Gasteiger partial charge on any atom is 0.442 e. The Morgan fingerprint density at radius 2 is 1.79 bits per heavy atom. The molecule has 1 heterocycles. The fraction of sp³-hybridized carbons (Fsp3) is 0.400. The lowest BCUT2D eigenvalue weighted by molar-refractivity contribution is -0.286. The molecule has 24 heavy (non-hydrogen) atoms. The van der Waals surface area contributed by atoms with Gasteiger partial charge < -0.3 is 9.84 Å². The minimum atomic E-state index is -5.13. The van der Waals surface area contributed by atoms with Gasteiger partial charge in [-0.3, -0.25) is 5.43 Å². The topological polar surface area (TPSA) is 61.8 Å². The second kappa shape index (κ2) is 5.86. The number of hydrogen-bond acceptors (Lipinski definition) is 4. The molecule has 0 radical (unpaired) electrons. The predicted molar refractivity (Wildman–Crippen MR) is 81.6 cm³/mol. The summed E-state index contributed by atoms with van der Waals surface area (Å²) in [5.74, 6) is 0. The van der Waals surface area contributed by atoms with E-state index in [4.69, 9.17) is 16.3 Å². The summed E-state index contributed by atoms with van der Waals surface area (Å²) in [6, 6.07) is 5.86. The van der Waals surface area contributed by atoms with Gasteiger partial charge in [-0.2, -0.15) is 18.2 Å². The van der Waals surface area contributed by atoms with Gasteiger partial charge >= 0.3 is 12.3 Å². The quantitative estimate of drug-likeness (QED) is 0.798. The number of rotatable bonds is 1. The van der Waals surface area contributed by atoms with Crippen LogP contribution in [0.3, 0.4) is 0 Å². The zero-order valence-corrected chi connectivity index (χ0v) is 13.9. The van der Waals surface area contributed by atoms with Gasteiger partial charge in [-0.15, -0.1) is 0 Å². The largest absolute Gasteiger partial charge is 0.442 e. The van der Waals surface area contributed by atoms with Gasteiger partial charge in [0.15, 0.2) is 0 Å². The molecule has 1 aromatic rings. The summed E-state index contributed by atoms with van der Waals surface area (Å²) in [5, 5.41) is 10.5. The molecule has 2 N–H and O–H groups in total. The SMILES string of the molecule is CC(C)(C)OC(=O)N1NC(c2ccc(Cl)cc2)=C[C@@]1(O)C(F)(F)F. The Morgan fingerprint density at radius 1 is 1.25 bits per heavy atom. The van der Waals surface area contributed by atoms with Crippen LogP contribution in [0.25, 0.3) is 5.70 Å². The van der Waals surface area contributed by atoms with Crippen LogP contribution in [0.2, 0.25) is 5.02 Å². The van der Waals surface area contributed by atoms with E-state index < -0.39 is 23.6 Å². The van der Waals surface area contributed by atoms with Crippen molar-refractivity contribution in [1.29, 1.82) is 0 Å². The molecule has 0 aliphatic carbocycles. The third-order valence-electron chi connectivity index (χ3n) is 3.07. The predicted octanol–water partition coefficient (Wildman–Crippen LogP) is 3.69. The highest BCUT2D eigenvalue weighted by Gasteiger charge is 2.62. The number of ether oxygens (including phenoxy) is 1. The zero-order chi connectivity index (χ0) is 18.3. The van der Waals surface area contributed by atoms with Gasteiger partial charge in [0.1, 0.15) is 5.60 Å². The number of benzene rings is 1. The van der Waals surface area contributed by atoms with Crippen LogP contribution < -0.4 is 5.43 Å². The van der Waals surface area contributed by atoms with E-state index in [9.17, 15) is 23.1 Å². The van der Waals surface area contributed by atoms with Crippen LogP contribution in [-0.2, 0) is 4.74 Å². The molecule has 1 amide bonds. The monoisotopic (exact) mass is 364 g/mol. The minimum absolute atomic E-state index is 0.0161. The Labute approximate surface area is 141 Å². The van der Waals surface area contributed by atoms with E-state index in [1.807, 2.05) is 0 Å². The van der Waals surface area contributed by atoms with E-state index >= 15 is 0 Å². The fourth-order valence-electron chi connectivity index (χ4n) is 1.98. The summed E-state index contributed by atoms with van der Waals surface area (Å²) in [7, 11) is 0. The van der Waals surface area contributed by atoms with Crippen molar-refractivity contribution in [3.63, 3.8) is 0 Å². The smallest absolute Gasteiger partial charge is 0.442 e. The summed E-state index contributed by atoms with van der Waals surface area (Å²) >= 11 is 5.74. The fourth-order valence-corrected chi connectivity index (χ4v) is 2.11. The molecule has 1 atom stereocenters. The number of alkyl halides is 3. The minimum Gasteiger partial charge on any atom is -0.442 e. The van der Waals surface area contributed by atoms with E-state index in [-0.39, 0.29) is 10.7 Å². The second-order valence-electron chi connectivity index (χ2n) is 6.22. The first-order chi connectivity index (χ1) is 10.8. The van der Waals surface area contributed by atoms with Crippen molar-refractivity contribution >= 4 is 23.4 Å². The molecule has 0 aromatic heterocycles. The Morgan fingerprint density at radius 3 is 2.25 bits per heavy atom. The van der Waals surface area contributed by atoms with Crippen LogP contribution in [0, 0.1) is 0 Å². The maximum atomic E-state index is 13.3. The first-order valence-corrected chi connectivity index (χ1v) is 7.29. The Hall–Kier alpha value is -1.93. The third-order valence-corrected chi connectivity index (χ3v) is 3.32. The first kappa shape index (κ1) is 18.4. The average molecular weight is 365 g/mol. The molecule has 1 aliphatic heterocycles. The Kier molecular flexibility index (Phi) is 4.49. The van der Waals surface area contributed by atoms with Crippen LogP contribution >= 0.6 is 11.6 Å². The van der Waals surface area contributed by atoms with Gasteiger partial charge in [-0.1, -0.05) is 23.7 Å². The van der Waals surface area contributed by atoms with E-state index in [1.54, 1.807) is 0 Å². The lowest BCUT2D eigenvalue weighted by atomic mass is 10.1. The molecule has 0 spiro atoms. The standard InChI is InChI=1S/C15H16ClF3N2O3/c1-13(2,3)24-12(22)21-14(23,15(17,18)19)8-11(20-21)9-4-6-10(16)7-5-9/h4-8,20,23H,1-3H3/t14-/m1/s1. The van der Waals surface area contributed by atoms with Gasteiger partial charge in [-0.05, 0) is 38.5 Å². The number of hydrazine groups is 1. The summed E-state index contributed by atoms with van der Waals surface area (Å²) in [6.45, 7) is 4.50. The molecule has 9 heteroatoms. The van der Waals surface area contributed by atoms with Gasteiger partial charge in [-0.25, -0.2) is 4.79 Å². The third kappa shape index (κ3) is 3.59. The number of carbonyl (C=O) groups is 1. The lowest BCUT2D eigenvalue weighted by Gasteiger charge is -2.34. The molecule has 1 aliphatic rings. The molecule has 0 bridgehead atoms. The number of carbonyl (C=O) groups excluding carboxylic acids is 1. The lowest BCUT2D eigenvalue weighted by Crippen LogP contribution is -2.61. The number of amides is 1. The highest BCUT2D eigenvalue weighted by atomic mass is 35.5. The van der Waals surface area contributed by atoms with Crippen molar-refractivity contribution in [1.82, 2.24) is 10.4 Å². The number of halogens is 4. The molecule has 5 nitrogen and oxygen atoms in total. The van der Waals surface area contributed by atoms with Crippen LogP contribution in [0.5, 0.6) is 0 Å². The molecule has 0 saturated heterocycles. The van der Waals surface area contributed by atoms with Crippen LogP contribution in [-0.4, -0.2) is 33.7 Å². The molecule has 0 unspecified atom stereocenters. The van der Waals surface area contributed by atoms with E-state index in [0.717, 1.165) is 0 Å². The second-order valence-corrected chi connectivity index (χ2v) is 6.65. The van der Waals surface area contributed by atoms with E-state index in [1.165, 1.54) is 45.0 Å². The Balaban J connectivity index is 2.40. The summed E-state index contributed by atoms with van der Waals surface area (Å²) in [4.78, 5) is 12.1. The number of nitrogens with one attached hydrogen (secondary N) is 1. The number of nitrogens with zero attached hydrogens (tertiary/aromatic N) is 1. The van der Waals surface area contributed by atoms with Crippen molar-refractivity contribution in [3.8, 4) is 0 Å². The molecule has 132 valence electrons. The normalized spacial score (nSPS) is 21.3. The molecular formula is C15H16ClF3N2O3. The maximum absolute atomic E-state index is 13.3. The van der Waals surface area contributed by atoms with Crippen molar-refractivity contribution in [2.45, 2.75) is 38.3 Å². The zero-order valence-electron chi connectivity index (χ0n) is 13.1. The van der Waals surface area contributed by atoms with Crippen molar-refractivity contribution in [3.05, 3.63) is 40.9 Å². The highest BCUT2D eigenvalue weighted by molar-refractivity contribution is 6.30. The van der Waals surface area contributed by atoms with Gasteiger partial charge in [0.2, 0.25) is 0 Å². The number of hydrogen-bond donors (Lipinski definition) is 2.